The zero-order valence-electron chi connectivity index (χ0n) is 6.82. The van der Waals surface area contributed by atoms with Crippen molar-refractivity contribution in [2.24, 2.45) is 0 Å². The van der Waals surface area contributed by atoms with E-state index in [0.29, 0.717) is 10.2 Å². The van der Waals surface area contributed by atoms with Crippen molar-refractivity contribution in [3.8, 4) is 0 Å². The third-order valence-electron chi connectivity index (χ3n) is 1.78. The molecule has 0 amide bonds. The maximum atomic E-state index is 10.7. The second kappa shape index (κ2) is 3.21. The van der Waals surface area contributed by atoms with E-state index >= 15 is 0 Å². The molecule has 2 aromatic heterocycles. The molecule has 0 atom stereocenters. The van der Waals surface area contributed by atoms with Crippen LogP contribution in [0.4, 0.5) is 5.69 Å². The van der Waals surface area contributed by atoms with Crippen LogP contribution in [0, 0.1) is 0 Å². The molecule has 2 aromatic rings. The van der Waals surface area contributed by atoms with Crippen molar-refractivity contribution >= 4 is 49.1 Å². The van der Waals surface area contributed by atoms with E-state index in [1.165, 1.54) is 17.5 Å². The highest BCUT2D eigenvalue weighted by Crippen LogP contribution is 2.33. The van der Waals surface area contributed by atoms with E-state index in [0.717, 1.165) is 3.79 Å². The van der Waals surface area contributed by atoms with Crippen molar-refractivity contribution < 1.29 is 9.90 Å². The van der Waals surface area contributed by atoms with Crippen molar-refractivity contribution in [1.29, 1.82) is 0 Å². The normalized spacial score (nSPS) is 10.6. The molecule has 0 saturated heterocycles. The molecule has 3 N–H and O–H groups in total. The minimum Gasteiger partial charge on any atom is -0.478 e. The predicted molar refractivity (Wildman–Crippen MR) is 58.7 cm³/mol. The van der Waals surface area contributed by atoms with E-state index in [4.69, 9.17) is 10.8 Å². The molecule has 0 aliphatic carbocycles. The largest absolute Gasteiger partial charge is 0.478 e. The first-order chi connectivity index (χ1) is 6.59. The lowest BCUT2D eigenvalue weighted by Gasteiger charge is -1.99. The third-order valence-corrected chi connectivity index (χ3v) is 3.44. The van der Waals surface area contributed by atoms with Gasteiger partial charge in [0.2, 0.25) is 0 Å². The fraction of sp³-hybridized carbons (Fsp3) is 0. The first-order valence-corrected chi connectivity index (χ1v) is 5.27. The first kappa shape index (κ1) is 9.42. The fourth-order valence-corrected chi connectivity index (χ4v) is 2.64. The smallest absolute Gasteiger partial charge is 0.339 e. The second-order valence-electron chi connectivity index (χ2n) is 2.66. The lowest BCUT2D eigenvalue weighted by molar-refractivity contribution is 0.0698. The summed E-state index contributed by atoms with van der Waals surface area (Å²) >= 11 is 4.67. The number of halogens is 1. The quantitative estimate of drug-likeness (QED) is 0.836. The standard InChI is InChI=1S/C8H5BrN2O2S/c9-5-1-4-7(14-5)6(10)3(2-11-4)8(12)13/h1-2H,(H2,10,11)(H,12,13). The molecular formula is C8H5BrN2O2S. The Labute approximate surface area is 91.5 Å². The Balaban J connectivity index is 2.80. The number of nitrogens with zero attached hydrogens (tertiary/aromatic N) is 1. The summed E-state index contributed by atoms with van der Waals surface area (Å²) in [6, 6.07) is 1.81. The Morgan fingerprint density at radius 1 is 1.64 bits per heavy atom. The van der Waals surface area contributed by atoms with Gasteiger partial charge in [0.25, 0.3) is 0 Å². The minimum atomic E-state index is -1.05. The van der Waals surface area contributed by atoms with Crippen LogP contribution in [0.15, 0.2) is 16.0 Å². The fourth-order valence-electron chi connectivity index (χ4n) is 1.14. The number of aromatic carboxylic acids is 1. The summed E-state index contributed by atoms with van der Waals surface area (Å²) in [6.45, 7) is 0. The molecular weight excluding hydrogens is 268 g/mol. The molecule has 2 heterocycles. The van der Waals surface area contributed by atoms with Crippen molar-refractivity contribution in [1.82, 2.24) is 4.98 Å². The molecule has 14 heavy (non-hydrogen) atoms. The van der Waals surface area contributed by atoms with Gasteiger partial charge in [-0.05, 0) is 22.0 Å². The number of aromatic nitrogens is 1. The lowest BCUT2D eigenvalue weighted by atomic mass is 10.2. The summed E-state index contributed by atoms with van der Waals surface area (Å²) in [7, 11) is 0. The monoisotopic (exact) mass is 272 g/mol. The zero-order valence-corrected chi connectivity index (χ0v) is 9.22. The van der Waals surface area contributed by atoms with Gasteiger partial charge in [-0.25, -0.2) is 4.79 Å². The number of pyridine rings is 1. The molecule has 0 unspecified atom stereocenters. The molecule has 0 spiro atoms. The molecule has 0 bridgehead atoms. The maximum absolute atomic E-state index is 10.7. The number of carbonyl (C=O) groups is 1. The Morgan fingerprint density at radius 3 is 3.00 bits per heavy atom. The van der Waals surface area contributed by atoms with Gasteiger partial charge >= 0.3 is 5.97 Å². The lowest BCUT2D eigenvalue weighted by Crippen LogP contribution is -2.02. The number of nitrogen functional groups attached to an aromatic ring is 1. The van der Waals surface area contributed by atoms with Gasteiger partial charge in [-0.1, -0.05) is 0 Å². The van der Waals surface area contributed by atoms with Crippen LogP contribution < -0.4 is 5.73 Å². The highest BCUT2D eigenvalue weighted by molar-refractivity contribution is 9.11. The summed E-state index contributed by atoms with van der Waals surface area (Å²) in [5, 5.41) is 8.80. The van der Waals surface area contributed by atoms with Crippen LogP contribution in [0.5, 0.6) is 0 Å². The molecule has 0 aromatic carbocycles. The topological polar surface area (TPSA) is 76.2 Å². The highest BCUT2D eigenvalue weighted by atomic mass is 79.9. The SMILES string of the molecule is Nc1c(C(=O)O)cnc2cc(Br)sc12. The maximum Gasteiger partial charge on any atom is 0.339 e. The van der Waals surface area contributed by atoms with Crippen LogP contribution in [0.25, 0.3) is 10.2 Å². The molecule has 2 rings (SSSR count). The van der Waals surface area contributed by atoms with E-state index in [2.05, 4.69) is 20.9 Å². The molecule has 0 fully saturated rings. The van der Waals surface area contributed by atoms with Crippen molar-refractivity contribution in [3.05, 3.63) is 21.6 Å². The Hall–Kier alpha value is -1.14. The average molecular weight is 273 g/mol. The van der Waals surface area contributed by atoms with Gasteiger partial charge in [0.15, 0.2) is 0 Å². The zero-order chi connectivity index (χ0) is 10.3. The van der Waals surface area contributed by atoms with Gasteiger partial charge in [0.05, 0.1) is 19.7 Å². The van der Waals surface area contributed by atoms with E-state index in [1.54, 1.807) is 0 Å². The number of hydrogen-bond acceptors (Lipinski definition) is 4. The van der Waals surface area contributed by atoms with Gasteiger partial charge in [0.1, 0.15) is 5.56 Å². The molecule has 0 aliphatic heterocycles. The van der Waals surface area contributed by atoms with Crippen LogP contribution >= 0.6 is 27.3 Å². The Kier molecular flexibility index (Phi) is 2.16. The van der Waals surface area contributed by atoms with Crippen molar-refractivity contribution in [3.63, 3.8) is 0 Å². The highest BCUT2D eigenvalue weighted by Gasteiger charge is 2.13. The van der Waals surface area contributed by atoms with E-state index in [1.807, 2.05) is 6.07 Å². The predicted octanol–water partition coefficient (Wildman–Crippen LogP) is 2.34. The number of carboxylic acid groups (broad SMARTS) is 1. The third kappa shape index (κ3) is 1.36. The summed E-state index contributed by atoms with van der Waals surface area (Å²) in [4.78, 5) is 14.7. The molecule has 6 heteroatoms. The number of carboxylic acids is 1. The molecule has 0 saturated carbocycles. The van der Waals surface area contributed by atoms with E-state index < -0.39 is 5.97 Å². The van der Waals surface area contributed by atoms with Crippen LogP contribution in [-0.2, 0) is 0 Å². The van der Waals surface area contributed by atoms with Gasteiger partial charge in [-0.15, -0.1) is 11.3 Å². The van der Waals surface area contributed by atoms with Gasteiger partial charge in [-0.2, -0.15) is 0 Å². The number of anilines is 1. The second-order valence-corrected chi connectivity index (χ2v) is 5.09. The average Bonchev–Trinajstić information content (AvgIpc) is 2.46. The van der Waals surface area contributed by atoms with Crippen molar-refractivity contribution in [2.75, 3.05) is 5.73 Å². The first-order valence-electron chi connectivity index (χ1n) is 3.66. The molecule has 0 radical (unpaired) electrons. The summed E-state index contributed by atoms with van der Waals surface area (Å²) in [6.07, 6.45) is 1.28. The van der Waals surface area contributed by atoms with Gasteiger partial charge < -0.3 is 10.8 Å². The minimum absolute atomic E-state index is 0.0480. The van der Waals surface area contributed by atoms with E-state index in [-0.39, 0.29) is 11.3 Å². The van der Waals surface area contributed by atoms with Gasteiger partial charge in [0, 0.05) is 6.20 Å². The van der Waals surface area contributed by atoms with Crippen LogP contribution in [0.2, 0.25) is 0 Å². The van der Waals surface area contributed by atoms with Crippen LogP contribution in [0.3, 0.4) is 0 Å². The van der Waals surface area contributed by atoms with E-state index in [9.17, 15) is 4.79 Å². The molecule has 4 nitrogen and oxygen atoms in total. The van der Waals surface area contributed by atoms with Crippen LogP contribution in [-0.4, -0.2) is 16.1 Å². The number of fused-ring (bicyclic) bond motifs is 1. The number of nitrogens with two attached hydrogens (primary N) is 1. The number of rotatable bonds is 1. The van der Waals surface area contributed by atoms with Crippen molar-refractivity contribution in [2.45, 2.75) is 0 Å². The van der Waals surface area contributed by atoms with Gasteiger partial charge in [-0.3, -0.25) is 4.98 Å². The number of thiophene rings is 1. The molecule has 0 aliphatic rings. The summed E-state index contributed by atoms with van der Waals surface area (Å²) < 4.78 is 1.59. The van der Waals surface area contributed by atoms with Crippen LogP contribution in [0.1, 0.15) is 10.4 Å². The Morgan fingerprint density at radius 2 is 2.36 bits per heavy atom. The summed E-state index contributed by atoms with van der Waals surface area (Å²) in [5.74, 6) is -1.05. The number of hydrogen-bond donors (Lipinski definition) is 2. The molecule has 72 valence electrons. The Bertz CT molecular complexity index is 523. The summed E-state index contributed by atoms with van der Waals surface area (Å²) in [5.41, 5.74) is 6.74.